The van der Waals surface area contributed by atoms with E-state index in [1.165, 1.54) is 50.1 Å². The molecule has 0 saturated carbocycles. The fourth-order valence-electron chi connectivity index (χ4n) is 4.41. The molecular formula is C20H33N3O3+2. The third kappa shape index (κ3) is 4.68. The van der Waals surface area contributed by atoms with E-state index >= 15 is 0 Å². The van der Waals surface area contributed by atoms with Gasteiger partial charge < -0.3 is 24.6 Å². The van der Waals surface area contributed by atoms with Gasteiger partial charge in [0.05, 0.1) is 46.4 Å². The zero-order valence-electron chi connectivity index (χ0n) is 16.1. The van der Waals surface area contributed by atoms with E-state index in [2.05, 4.69) is 5.32 Å². The number of quaternary nitrogens is 2. The number of hydrogen-bond donors (Lipinski definition) is 3. The van der Waals surface area contributed by atoms with Gasteiger partial charge in [0.1, 0.15) is 17.2 Å². The van der Waals surface area contributed by atoms with Crippen molar-refractivity contribution >= 4 is 11.6 Å². The lowest BCUT2D eigenvalue weighted by Gasteiger charge is -2.35. The molecule has 0 radical (unpaired) electrons. The molecule has 1 amide bonds. The van der Waals surface area contributed by atoms with Crippen molar-refractivity contribution in [1.82, 2.24) is 0 Å². The molecule has 2 saturated heterocycles. The summed E-state index contributed by atoms with van der Waals surface area (Å²) in [6, 6.07) is 6.32. The number of para-hydroxylation sites is 1. The van der Waals surface area contributed by atoms with Crippen molar-refractivity contribution in [2.45, 2.75) is 38.1 Å². The van der Waals surface area contributed by atoms with E-state index in [1.54, 1.807) is 19.1 Å². The summed E-state index contributed by atoms with van der Waals surface area (Å²) in [5, 5.41) is 2.99. The molecule has 26 heavy (non-hydrogen) atoms. The molecule has 1 aromatic rings. The van der Waals surface area contributed by atoms with Crippen LogP contribution in [0.25, 0.3) is 0 Å². The Balaban J connectivity index is 1.50. The first-order valence-corrected chi connectivity index (χ1v) is 9.90. The summed E-state index contributed by atoms with van der Waals surface area (Å²) in [7, 11) is 3.20. The van der Waals surface area contributed by atoms with Crippen LogP contribution in [0.2, 0.25) is 0 Å². The van der Waals surface area contributed by atoms with Gasteiger partial charge in [-0.25, -0.2) is 0 Å². The quantitative estimate of drug-likeness (QED) is 0.654. The highest BCUT2D eigenvalue weighted by molar-refractivity contribution is 5.94. The molecule has 0 aromatic heterocycles. The van der Waals surface area contributed by atoms with E-state index in [0.29, 0.717) is 23.7 Å². The Hall–Kier alpha value is -1.79. The first kappa shape index (κ1) is 19.0. The van der Waals surface area contributed by atoms with Crippen LogP contribution in [0, 0.1) is 0 Å². The lowest BCUT2D eigenvalue weighted by molar-refractivity contribution is -0.958. The number of nitrogens with one attached hydrogen (secondary N) is 3. The monoisotopic (exact) mass is 363 g/mol. The molecule has 0 spiro atoms. The van der Waals surface area contributed by atoms with Gasteiger partial charge in [-0.1, -0.05) is 6.07 Å². The van der Waals surface area contributed by atoms with Crippen LogP contribution in [0.1, 0.15) is 32.1 Å². The lowest BCUT2D eigenvalue weighted by atomic mass is 10.00. The molecule has 2 heterocycles. The summed E-state index contributed by atoms with van der Waals surface area (Å²) < 4.78 is 10.7. The fourth-order valence-corrected chi connectivity index (χ4v) is 4.41. The highest BCUT2D eigenvalue weighted by Gasteiger charge is 2.31. The number of methoxy groups -OCH3 is 2. The van der Waals surface area contributed by atoms with Crippen LogP contribution >= 0.6 is 0 Å². The van der Waals surface area contributed by atoms with E-state index < -0.39 is 0 Å². The Morgan fingerprint density at radius 1 is 1.04 bits per heavy atom. The van der Waals surface area contributed by atoms with Crippen LogP contribution in [-0.2, 0) is 4.79 Å². The zero-order valence-corrected chi connectivity index (χ0v) is 16.1. The Kier molecular flexibility index (Phi) is 6.74. The lowest BCUT2D eigenvalue weighted by Crippen LogP contribution is -3.21. The number of likely N-dealkylation sites (tertiary alicyclic amines) is 2. The first-order valence-electron chi connectivity index (χ1n) is 9.90. The largest absolute Gasteiger partial charge is 0.494 e. The van der Waals surface area contributed by atoms with Crippen molar-refractivity contribution in [2.24, 2.45) is 0 Å². The van der Waals surface area contributed by atoms with E-state index in [4.69, 9.17) is 9.47 Å². The summed E-state index contributed by atoms with van der Waals surface area (Å²) in [5.74, 6) is 1.27. The van der Waals surface area contributed by atoms with Gasteiger partial charge in [0.2, 0.25) is 0 Å². The molecule has 1 aromatic carbocycles. The van der Waals surface area contributed by atoms with Gasteiger partial charge >= 0.3 is 0 Å². The van der Waals surface area contributed by atoms with Crippen molar-refractivity contribution in [3.63, 3.8) is 0 Å². The number of rotatable bonds is 6. The number of benzene rings is 1. The van der Waals surface area contributed by atoms with Crippen LogP contribution in [0.3, 0.4) is 0 Å². The van der Waals surface area contributed by atoms with Crippen molar-refractivity contribution < 1.29 is 24.1 Å². The molecule has 0 aliphatic carbocycles. The van der Waals surface area contributed by atoms with E-state index in [1.807, 2.05) is 18.2 Å². The average Bonchev–Trinajstić information content (AvgIpc) is 2.69. The van der Waals surface area contributed by atoms with Crippen LogP contribution in [0.4, 0.5) is 5.69 Å². The van der Waals surface area contributed by atoms with Gasteiger partial charge in [0, 0.05) is 12.8 Å². The summed E-state index contributed by atoms with van der Waals surface area (Å²) in [4.78, 5) is 15.7. The number of piperidine rings is 2. The number of anilines is 1. The molecular weight excluding hydrogens is 330 g/mol. The SMILES string of the molecule is COc1cccc(OC)c1NC(=O)C[NH+]1CCC([NH+]2CCCCC2)CC1. The second-order valence-electron chi connectivity index (χ2n) is 7.51. The van der Waals surface area contributed by atoms with Crippen LogP contribution < -0.4 is 24.6 Å². The summed E-state index contributed by atoms with van der Waals surface area (Å²) in [6.45, 7) is 5.36. The van der Waals surface area contributed by atoms with E-state index in [-0.39, 0.29) is 5.91 Å². The van der Waals surface area contributed by atoms with Gasteiger partial charge in [-0.2, -0.15) is 0 Å². The van der Waals surface area contributed by atoms with Crippen molar-refractivity contribution in [1.29, 1.82) is 0 Å². The van der Waals surface area contributed by atoms with E-state index in [0.717, 1.165) is 19.1 Å². The Bertz CT molecular complexity index is 572. The van der Waals surface area contributed by atoms with Gasteiger partial charge in [-0.05, 0) is 31.4 Å². The van der Waals surface area contributed by atoms with Gasteiger partial charge in [0.15, 0.2) is 6.54 Å². The van der Waals surface area contributed by atoms with Crippen molar-refractivity contribution in [3.05, 3.63) is 18.2 Å². The standard InChI is InChI=1S/C20H31N3O3/c1-25-17-7-6-8-18(26-2)20(17)21-19(24)15-22-13-9-16(10-14-22)23-11-4-3-5-12-23/h6-8,16H,3-5,9-15H2,1-2H3,(H,21,24)/p+2. The number of carbonyl (C=O) groups is 1. The molecule has 2 aliphatic heterocycles. The molecule has 0 atom stereocenters. The fraction of sp³-hybridized carbons (Fsp3) is 0.650. The molecule has 6 nitrogen and oxygen atoms in total. The minimum atomic E-state index is 0.0200. The Morgan fingerprint density at radius 2 is 1.65 bits per heavy atom. The molecule has 0 unspecified atom stereocenters. The highest BCUT2D eigenvalue weighted by Crippen LogP contribution is 2.33. The molecule has 3 rings (SSSR count). The second-order valence-corrected chi connectivity index (χ2v) is 7.51. The van der Waals surface area contributed by atoms with Crippen LogP contribution in [0.15, 0.2) is 18.2 Å². The zero-order chi connectivity index (χ0) is 18.4. The maximum atomic E-state index is 12.6. The number of amides is 1. The number of hydrogen-bond acceptors (Lipinski definition) is 3. The topological polar surface area (TPSA) is 56.4 Å². The van der Waals surface area contributed by atoms with Crippen LogP contribution in [0.5, 0.6) is 11.5 Å². The van der Waals surface area contributed by atoms with E-state index in [9.17, 15) is 4.79 Å². The van der Waals surface area contributed by atoms with Gasteiger partial charge in [0.25, 0.3) is 5.91 Å². The third-order valence-corrected chi connectivity index (χ3v) is 5.87. The molecule has 0 bridgehead atoms. The van der Waals surface area contributed by atoms with Gasteiger partial charge in [-0.15, -0.1) is 0 Å². The second kappa shape index (κ2) is 9.24. The highest BCUT2D eigenvalue weighted by atomic mass is 16.5. The van der Waals surface area contributed by atoms with Crippen molar-refractivity contribution in [3.8, 4) is 11.5 Å². The normalized spacial score (nSPS) is 24.1. The number of ether oxygens (including phenoxy) is 2. The molecule has 6 heteroatoms. The summed E-state index contributed by atoms with van der Waals surface area (Å²) in [5.41, 5.74) is 0.620. The maximum Gasteiger partial charge on any atom is 0.279 e. The predicted octanol–water partition coefficient (Wildman–Crippen LogP) is -0.242. The number of carbonyl (C=O) groups excluding carboxylic acids is 1. The van der Waals surface area contributed by atoms with Crippen LogP contribution in [-0.4, -0.2) is 58.9 Å². The maximum absolute atomic E-state index is 12.6. The minimum Gasteiger partial charge on any atom is -0.494 e. The third-order valence-electron chi connectivity index (χ3n) is 5.87. The minimum absolute atomic E-state index is 0.0200. The molecule has 2 fully saturated rings. The van der Waals surface area contributed by atoms with Crippen molar-refractivity contribution in [2.75, 3.05) is 52.3 Å². The summed E-state index contributed by atoms with van der Waals surface area (Å²) in [6.07, 6.45) is 6.63. The Morgan fingerprint density at radius 3 is 2.23 bits per heavy atom. The average molecular weight is 364 g/mol. The molecule has 2 aliphatic rings. The van der Waals surface area contributed by atoms with Gasteiger partial charge in [-0.3, -0.25) is 4.79 Å². The molecule has 3 N–H and O–H groups in total. The predicted molar refractivity (Wildman–Crippen MR) is 101 cm³/mol. The molecule has 144 valence electrons. The Labute approximate surface area is 156 Å². The smallest absolute Gasteiger partial charge is 0.279 e. The summed E-state index contributed by atoms with van der Waals surface area (Å²) >= 11 is 0. The first-order chi connectivity index (χ1) is 12.7.